The summed E-state index contributed by atoms with van der Waals surface area (Å²) in [6.45, 7) is 10.1. The monoisotopic (exact) mass is 449 g/mol. The Morgan fingerprint density at radius 2 is 2.00 bits per heavy atom. The molecular formula is C13H28IN3O2S2. The second-order valence-corrected chi connectivity index (χ2v) is 10.9. The van der Waals surface area contributed by atoms with Crippen molar-refractivity contribution < 1.29 is 8.42 Å². The van der Waals surface area contributed by atoms with E-state index in [2.05, 4.69) is 29.1 Å². The van der Waals surface area contributed by atoms with Crippen LogP contribution in [0.2, 0.25) is 0 Å². The first-order chi connectivity index (χ1) is 8.98. The molecule has 1 N–H and O–H groups in total. The second kappa shape index (κ2) is 7.72. The molecule has 0 spiro atoms. The third kappa shape index (κ3) is 6.13. The fraction of sp³-hybridized carbons (Fsp3) is 0.923. The lowest BCUT2D eigenvalue weighted by molar-refractivity contribution is 0.374. The second-order valence-electron chi connectivity index (χ2n) is 6.46. The Morgan fingerprint density at radius 3 is 2.43 bits per heavy atom. The normalized spacial score (nSPS) is 19.9. The van der Waals surface area contributed by atoms with Crippen molar-refractivity contribution in [2.75, 3.05) is 38.7 Å². The first kappa shape index (κ1) is 21.3. The molecule has 1 saturated heterocycles. The standard InChI is InChI=1S/C13H27N3O2S2.HI/c1-12(2)10-16(7-8-19-12)11(14-5)15-9-13(3,4)20(6,17)18;/h7-10H2,1-6H3,(H,14,15);1H. The molecule has 0 saturated carbocycles. The minimum absolute atomic E-state index is 0. The van der Waals surface area contributed by atoms with Gasteiger partial charge in [0.1, 0.15) is 0 Å². The van der Waals surface area contributed by atoms with Gasteiger partial charge in [0, 0.05) is 43.4 Å². The van der Waals surface area contributed by atoms with Crippen molar-refractivity contribution in [2.45, 2.75) is 37.2 Å². The van der Waals surface area contributed by atoms with E-state index in [1.807, 2.05) is 11.8 Å². The van der Waals surface area contributed by atoms with Gasteiger partial charge in [-0.15, -0.1) is 24.0 Å². The highest BCUT2D eigenvalue weighted by atomic mass is 127. The lowest BCUT2D eigenvalue weighted by atomic mass is 10.2. The molecule has 1 rings (SSSR count). The largest absolute Gasteiger partial charge is 0.355 e. The van der Waals surface area contributed by atoms with Crippen molar-refractivity contribution in [1.29, 1.82) is 0 Å². The van der Waals surface area contributed by atoms with Gasteiger partial charge < -0.3 is 10.2 Å². The molecule has 21 heavy (non-hydrogen) atoms. The van der Waals surface area contributed by atoms with E-state index in [0.29, 0.717) is 6.54 Å². The van der Waals surface area contributed by atoms with Crippen molar-refractivity contribution in [3.8, 4) is 0 Å². The topological polar surface area (TPSA) is 61.8 Å². The fourth-order valence-electron chi connectivity index (χ4n) is 1.95. The molecule has 0 bridgehead atoms. The zero-order valence-corrected chi connectivity index (χ0v) is 17.7. The van der Waals surface area contributed by atoms with Crippen molar-refractivity contribution in [2.24, 2.45) is 4.99 Å². The van der Waals surface area contributed by atoms with Crippen LogP contribution >= 0.6 is 35.7 Å². The Hall–Kier alpha value is 0.300. The van der Waals surface area contributed by atoms with Gasteiger partial charge >= 0.3 is 0 Å². The van der Waals surface area contributed by atoms with Gasteiger partial charge in [-0.05, 0) is 27.7 Å². The molecule has 8 heteroatoms. The van der Waals surface area contributed by atoms with Crippen LogP contribution in [0.1, 0.15) is 27.7 Å². The summed E-state index contributed by atoms with van der Waals surface area (Å²) in [5.41, 5.74) is 0. The highest BCUT2D eigenvalue weighted by Gasteiger charge is 2.32. The molecule has 0 aliphatic carbocycles. The first-order valence-electron chi connectivity index (χ1n) is 6.78. The predicted octanol–water partition coefficient (Wildman–Crippen LogP) is 1.83. The average Bonchev–Trinajstić information content (AvgIpc) is 2.26. The van der Waals surface area contributed by atoms with E-state index in [1.165, 1.54) is 6.26 Å². The quantitative estimate of drug-likeness (QED) is 0.405. The summed E-state index contributed by atoms with van der Waals surface area (Å²) in [5, 5.41) is 3.21. The minimum atomic E-state index is -3.10. The fourth-order valence-corrected chi connectivity index (χ4v) is 3.40. The molecule has 1 fully saturated rings. The summed E-state index contributed by atoms with van der Waals surface area (Å²) in [7, 11) is -1.36. The number of aliphatic imine (C=N–C) groups is 1. The van der Waals surface area contributed by atoms with Gasteiger partial charge in [0.15, 0.2) is 15.8 Å². The van der Waals surface area contributed by atoms with Crippen LogP contribution in [0.3, 0.4) is 0 Å². The maximum absolute atomic E-state index is 11.7. The Kier molecular flexibility index (Phi) is 7.83. The number of thioether (sulfide) groups is 1. The van der Waals surface area contributed by atoms with Crippen LogP contribution in [0.15, 0.2) is 4.99 Å². The Morgan fingerprint density at radius 1 is 1.43 bits per heavy atom. The summed E-state index contributed by atoms with van der Waals surface area (Å²) in [5.74, 6) is 1.85. The molecule has 5 nitrogen and oxygen atoms in total. The zero-order chi connectivity index (χ0) is 15.6. The highest BCUT2D eigenvalue weighted by molar-refractivity contribution is 14.0. The average molecular weight is 449 g/mol. The molecule has 1 aliphatic heterocycles. The smallest absolute Gasteiger partial charge is 0.193 e. The molecule has 1 aliphatic rings. The van der Waals surface area contributed by atoms with E-state index < -0.39 is 14.6 Å². The molecule has 0 amide bonds. The molecule has 126 valence electrons. The van der Waals surface area contributed by atoms with Crippen molar-refractivity contribution in [3.63, 3.8) is 0 Å². The van der Waals surface area contributed by atoms with Crippen LogP contribution in [0, 0.1) is 0 Å². The van der Waals surface area contributed by atoms with E-state index in [4.69, 9.17) is 0 Å². The van der Waals surface area contributed by atoms with E-state index in [-0.39, 0.29) is 28.7 Å². The SMILES string of the molecule is CN=C(NCC(C)(C)S(C)(=O)=O)N1CCSC(C)(C)C1.I. The lowest BCUT2D eigenvalue weighted by Gasteiger charge is -2.39. The van der Waals surface area contributed by atoms with E-state index in [0.717, 1.165) is 24.8 Å². The van der Waals surface area contributed by atoms with Gasteiger partial charge in [0.2, 0.25) is 0 Å². The summed E-state index contributed by atoms with van der Waals surface area (Å²) in [4.78, 5) is 6.49. The number of guanidine groups is 1. The maximum Gasteiger partial charge on any atom is 0.193 e. The van der Waals surface area contributed by atoms with Crippen molar-refractivity contribution in [1.82, 2.24) is 10.2 Å². The number of hydrogen-bond donors (Lipinski definition) is 1. The van der Waals surface area contributed by atoms with Gasteiger partial charge in [-0.25, -0.2) is 8.42 Å². The van der Waals surface area contributed by atoms with Gasteiger partial charge in [-0.3, -0.25) is 4.99 Å². The van der Waals surface area contributed by atoms with Crippen LogP contribution in [-0.4, -0.2) is 67.5 Å². The van der Waals surface area contributed by atoms with Gasteiger partial charge in [-0.1, -0.05) is 0 Å². The Balaban J connectivity index is 0.00000400. The highest BCUT2D eigenvalue weighted by Crippen LogP contribution is 2.29. The molecule has 0 aromatic heterocycles. The number of nitrogens with one attached hydrogen (secondary N) is 1. The van der Waals surface area contributed by atoms with Crippen LogP contribution in [0.4, 0.5) is 0 Å². The number of halogens is 1. The van der Waals surface area contributed by atoms with E-state index in [9.17, 15) is 8.42 Å². The third-order valence-corrected chi connectivity index (χ3v) is 7.06. The molecule has 1 heterocycles. The number of hydrogen-bond acceptors (Lipinski definition) is 4. The van der Waals surface area contributed by atoms with Crippen LogP contribution in [-0.2, 0) is 9.84 Å². The van der Waals surface area contributed by atoms with Gasteiger partial charge in [-0.2, -0.15) is 11.8 Å². The third-order valence-electron chi connectivity index (χ3n) is 3.61. The molecule has 0 aromatic carbocycles. The molecule has 0 atom stereocenters. The molecule has 0 unspecified atom stereocenters. The summed E-state index contributed by atoms with van der Waals surface area (Å²) in [6.07, 6.45) is 1.28. The van der Waals surface area contributed by atoms with Crippen molar-refractivity contribution in [3.05, 3.63) is 0 Å². The Bertz CT molecular complexity index is 476. The Labute approximate surface area is 150 Å². The van der Waals surface area contributed by atoms with Crippen LogP contribution in [0.5, 0.6) is 0 Å². The van der Waals surface area contributed by atoms with E-state index in [1.54, 1.807) is 20.9 Å². The zero-order valence-electron chi connectivity index (χ0n) is 13.8. The molecule has 0 aromatic rings. The number of rotatable bonds is 3. The van der Waals surface area contributed by atoms with Gasteiger partial charge in [0.25, 0.3) is 0 Å². The van der Waals surface area contributed by atoms with Crippen molar-refractivity contribution >= 4 is 51.5 Å². The number of sulfone groups is 1. The predicted molar refractivity (Wildman–Crippen MR) is 104 cm³/mol. The maximum atomic E-state index is 11.7. The number of nitrogens with zero attached hydrogens (tertiary/aromatic N) is 2. The summed E-state index contributed by atoms with van der Waals surface area (Å²) >= 11 is 1.96. The summed E-state index contributed by atoms with van der Waals surface area (Å²) < 4.78 is 22.9. The van der Waals surface area contributed by atoms with Crippen LogP contribution in [0.25, 0.3) is 0 Å². The first-order valence-corrected chi connectivity index (χ1v) is 9.65. The lowest BCUT2D eigenvalue weighted by Crippen LogP contribution is -2.54. The van der Waals surface area contributed by atoms with Crippen LogP contribution < -0.4 is 5.32 Å². The molecule has 0 radical (unpaired) electrons. The molecular weight excluding hydrogens is 421 g/mol. The minimum Gasteiger partial charge on any atom is -0.355 e. The van der Waals surface area contributed by atoms with E-state index >= 15 is 0 Å². The summed E-state index contributed by atoms with van der Waals surface area (Å²) in [6, 6.07) is 0. The van der Waals surface area contributed by atoms with Gasteiger partial charge in [0.05, 0.1) is 4.75 Å².